The van der Waals surface area contributed by atoms with E-state index in [1.807, 2.05) is 11.0 Å². The minimum absolute atomic E-state index is 0.00170. The molecule has 2 aliphatic carbocycles. The Morgan fingerprint density at radius 2 is 2.08 bits per heavy atom. The van der Waals surface area contributed by atoms with Gasteiger partial charge in [0.25, 0.3) is 5.91 Å². The van der Waals surface area contributed by atoms with Crippen molar-refractivity contribution in [2.24, 2.45) is 11.8 Å². The highest BCUT2D eigenvalue weighted by Gasteiger charge is 2.38. The van der Waals surface area contributed by atoms with Crippen LogP contribution in [-0.2, 0) is 0 Å². The first-order valence-corrected chi connectivity index (χ1v) is 9.12. The largest absolute Gasteiger partial charge is 0.477 e. The molecule has 2 aliphatic rings. The van der Waals surface area contributed by atoms with Crippen LogP contribution in [0.4, 0.5) is 0 Å². The zero-order valence-corrected chi connectivity index (χ0v) is 14.6. The smallest absolute Gasteiger partial charge is 0.273 e. The predicted octanol–water partition coefficient (Wildman–Crippen LogP) is 2.88. The molecule has 0 aliphatic heterocycles. The van der Waals surface area contributed by atoms with Crippen molar-refractivity contribution in [3.8, 4) is 5.88 Å². The Labute approximate surface area is 144 Å². The van der Waals surface area contributed by atoms with Crippen molar-refractivity contribution in [3.63, 3.8) is 0 Å². The molecule has 3 rings (SSSR count). The van der Waals surface area contributed by atoms with E-state index in [4.69, 9.17) is 4.74 Å². The summed E-state index contributed by atoms with van der Waals surface area (Å²) in [4.78, 5) is 19.3. The summed E-state index contributed by atoms with van der Waals surface area (Å²) < 4.78 is 5.70. The lowest BCUT2D eigenvalue weighted by molar-refractivity contribution is 0.0526. The van der Waals surface area contributed by atoms with Crippen LogP contribution in [0.3, 0.4) is 0 Å². The summed E-state index contributed by atoms with van der Waals surface area (Å²) in [6, 6.07) is 5.47. The highest BCUT2D eigenvalue weighted by Crippen LogP contribution is 2.32. The lowest BCUT2D eigenvalue weighted by atomic mass is 10.0. The zero-order chi connectivity index (χ0) is 17.1. The number of nitrogens with zero attached hydrogens (tertiary/aromatic N) is 2. The standard InChI is InChI=1S/C19H28N2O3/c1-13(2)10-16(11-22)21(15-8-9-15)19(23)17-4-3-5-18(20-17)24-12-14-6-7-14/h3-5,13-16,22H,6-12H2,1-2H3. The van der Waals surface area contributed by atoms with E-state index in [1.165, 1.54) is 12.8 Å². The molecule has 0 radical (unpaired) electrons. The average Bonchev–Trinajstić information content (AvgIpc) is 3.46. The number of hydrogen-bond acceptors (Lipinski definition) is 4. The van der Waals surface area contributed by atoms with Gasteiger partial charge in [0.05, 0.1) is 19.3 Å². The lowest BCUT2D eigenvalue weighted by Crippen LogP contribution is -2.45. The van der Waals surface area contributed by atoms with Crippen molar-refractivity contribution >= 4 is 5.91 Å². The van der Waals surface area contributed by atoms with Gasteiger partial charge in [0.15, 0.2) is 0 Å². The van der Waals surface area contributed by atoms with Gasteiger partial charge in [-0.2, -0.15) is 0 Å². The monoisotopic (exact) mass is 332 g/mol. The summed E-state index contributed by atoms with van der Waals surface area (Å²) in [6.07, 6.45) is 5.27. The van der Waals surface area contributed by atoms with Crippen molar-refractivity contribution in [3.05, 3.63) is 23.9 Å². The molecule has 5 heteroatoms. The normalized spacial score (nSPS) is 18.5. The van der Waals surface area contributed by atoms with Crippen LogP contribution in [0.2, 0.25) is 0 Å². The number of ether oxygens (including phenoxy) is 1. The van der Waals surface area contributed by atoms with Gasteiger partial charge in [-0.1, -0.05) is 19.9 Å². The number of hydrogen-bond donors (Lipinski definition) is 1. The van der Waals surface area contributed by atoms with Crippen molar-refractivity contribution in [2.45, 2.75) is 58.0 Å². The van der Waals surface area contributed by atoms with E-state index < -0.39 is 0 Å². The van der Waals surface area contributed by atoms with E-state index >= 15 is 0 Å². The molecule has 1 N–H and O–H groups in total. The maximum Gasteiger partial charge on any atom is 0.273 e. The molecular weight excluding hydrogens is 304 g/mol. The number of rotatable bonds is 9. The van der Waals surface area contributed by atoms with E-state index in [-0.39, 0.29) is 24.6 Å². The highest BCUT2D eigenvalue weighted by molar-refractivity contribution is 5.93. The molecule has 0 saturated heterocycles. The average molecular weight is 332 g/mol. The molecule has 1 aromatic heterocycles. The zero-order valence-electron chi connectivity index (χ0n) is 14.6. The van der Waals surface area contributed by atoms with Gasteiger partial charge in [0, 0.05) is 12.1 Å². The molecule has 0 bridgehead atoms. The second-order valence-electron chi connectivity index (χ2n) is 7.52. The predicted molar refractivity (Wildman–Crippen MR) is 92.0 cm³/mol. The summed E-state index contributed by atoms with van der Waals surface area (Å²) in [5.74, 6) is 1.51. The minimum atomic E-state index is -0.136. The van der Waals surface area contributed by atoms with Gasteiger partial charge in [-0.15, -0.1) is 0 Å². The number of aliphatic hydroxyl groups is 1. The maximum atomic E-state index is 13.0. The first-order valence-electron chi connectivity index (χ1n) is 9.12. The van der Waals surface area contributed by atoms with E-state index in [0.717, 1.165) is 19.3 Å². The first kappa shape index (κ1) is 17.2. The van der Waals surface area contributed by atoms with E-state index in [1.54, 1.807) is 12.1 Å². The molecule has 24 heavy (non-hydrogen) atoms. The van der Waals surface area contributed by atoms with Crippen LogP contribution >= 0.6 is 0 Å². The first-order chi connectivity index (χ1) is 11.6. The van der Waals surface area contributed by atoms with Gasteiger partial charge < -0.3 is 14.7 Å². The maximum absolute atomic E-state index is 13.0. The second kappa shape index (κ2) is 7.51. The van der Waals surface area contributed by atoms with Gasteiger partial charge in [-0.05, 0) is 50.0 Å². The van der Waals surface area contributed by atoms with E-state index in [2.05, 4.69) is 18.8 Å². The third kappa shape index (κ3) is 4.47. The molecule has 5 nitrogen and oxygen atoms in total. The van der Waals surface area contributed by atoms with Crippen LogP contribution in [0.25, 0.3) is 0 Å². The number of carbonyl (C=O) groups is 1. The van der Waals surface area contributed by atoms with Gasteiger partial charge in [-0.25, -0.2) is 4.98 Å². The Bertz CT molecular complexity index is 567. The highest BCUT2D eigenvalue weighted by atomic mass is 16.5. The Morgan fingerprint density at radius 3 is 2.67 bits per heavy atom. The van der Waals surface area contributed by atoms with Gasteiger partial charge in [-0.3, -0.25) is 4.79 Å². The summed E-state index contributed by atoms with van der Waals surface area (Å²) in [5.41, 5.74) is 0.414. The molecular formula is C19H28N2O3. The van der Waals surface area contributed by atoms with Crippen molar-refractivity contribution < 1.29 is 14.6 Å². The molecule has 0 aromatic carbocycles. The molecule has 1 heterocycles. The number of aliphatic hydroxyl groups excluding tert-OH is 1. The number of pyridine rings is 1. The van der Waals surface area contributed by atoms with E-state index in [9.17, 15) is 9.90 Å². The SMILES string of the molecule is CC(C)CC(CO)N(C(=O)c1cccc(OCC2CC2)n1)C1CC1. The molecule has 132 valence electrons. The fourth-order valence-electron chi connectivity index (χ4n) is 3.04. The number of amides is 1. The van der Waals surface area contributed by atoms with Crippen LogP contribution in [0.5, 0.6) is 5.88 Å². The Balaban J connectivity index is 1.72. The summed E-state index contributed by atoms with van der Waals surface area (Å²) in [5, 5.41) is 9.79. The third-order valence-corrected chi connectivity index (χ3v) is 4.63. The molecule has 1 atom stereocenters. The fraction of sp³-hybridized carbons (Fsp3) is 0.684. The second-order valence-corrected chi connectivity index (χ2v) is 7.52. The Morgan fingerprint density at radius 1 is 1.33 bits per heavy atom. The fourth-order valence-corrected chi connectivity index (χ4v) is 3.04. The van der Waals surface area contributed by atoms with Gasteiger partial charge >= 0.3 is 0 Å². The number of aromatic nitrogens is 1. The lowest BCUT2D eigenvalue weighted by Gasteiger charge is -2.31. The Hall–Kier alpha value is -1.62. The van der Waals surface area contributed by atoms with Crippen LogP contribution in [0, 0.1) is 11.8 Å². The quantitative estimate of drug-likeness (QED) is 0.755. The molecule has 1 unspecified atom stereocenters. The summed E-state index contributed by atoms with van der Waals surface area (Å²) >= 11 is 0. The molecule has 2 saturated carbocycles. The number of carbonyl (C=O) groups excluding carboxylic acids is 1. The Kier molecular flexibility index (Phi) is 5.39. The van der Waals surface area contributed by atoms with E-state index in [0.29, 0.717) is 30.0 Å². The van der Waals surface area contributed by atoms with Gasteiger partial charge in [0.2, 0.25) is 5.88 Å². The molecule has 1 amide bonds. The van der Waals surface area contributed by atoms with Crippen molar-refractivity contribution in [2.75, 3.05) is 13.2 Å². The third-order valence-electron chi connectivity index (χ3n) is 4.63. The topological polar surface area (TPSA) is 62.7 Å². The summed E-state index contributed by atoms with van der Waals surface area (Å²) in [6.45, 7) is 4.91. The summed E-state index contributed by atoms with van der Waals surface area (Å²) in [7, 11) is 0. The molecule has 2 fully saturated rings. The van der Waals surface area contributed by atoms with Crippen LogP contribution < -0.4 is 4.74 Å². The van der Waals surface area contributed by atoms with Crippen molar-refractivity contribution in [1.29, 1.82) is 0 Å². The minimum Gasteiger partial charge on any atom is -0.477 e. The molecule has 1 aromatic rings. The van der Waals surface area contributed by atoms with Gasteiger partial charge in [0.1, 0.15) is 5.69 Å². The van der Waals surface area contributed by atoms with Crippen LogP contribution in [0.15, 0.2) is 18.2 Å². The van der Waals surface area contributed by atoms with Crippen molar-refractivity contribution in [1.82, 2.24) is 9.88 Å². The van der Waals surface area contributed by atoms with Crippen LogP contribution in [-0.4, -0.2) is 46.2 Å². The molecule has 0 spiro atoms. The van der Waals surface area contributed by atoms with Crippen LogP contribution in [0.1, 0.15) is 56.4 Å².